The highest BCUT2D eigenvalue weighted by Crippen LogP contribution is 2.41. The van der Waals surface area contributed by atoms with Crippen LogP contribution in [0.4, 0.5) is 0 Å². The number of likely N-dealkylation sites (tertiary alicyclic amines) is 2. The summed E-state index contributed by atoms with van der Waals surface area (Å²) in [4.78, 5) is 22.7. The second-order valence-corrected chi connectivity index (χ2v) is 9.45. The van der Waals surface area contributed by atoms with Crippen LogP contribution in [0.25, 0.3) is 5.65 Å². The van der Waals surface area contributed by atoms with E-state index in [9.17, 15) is 4.79 Å². The molecule has 0 aliphatic carbocycles. The Labute approximate surface area is 184 Å². The van der Waals surface area contributed by atoms with Crippen LogP contribution in [0.2, 0.25) is 0 Å². The Morgan fingerprint density at radius 1 is 1.03 bits per heavy atom. The molecule has 1 aromatic carbocycles. The van der Waals surface area contributed by atoms with E-state index in [0.29, 0.717) is 5.91 Å². The van der Waals surface area contributed by atoms with Crippen LogP contribution in [0, 0.1) is 12.8 Å². The van der Waals surface area contributed by atoms with E-state index in [4.69, 9.17) is 4.98 Å². The number of piperidine rings is 2. The lowest BCUT2D eigenvalue weighted by atomic mass is 9.70. The highest BCUT2D eigenvalue weighted by Gasteiger charge is 2.41. The molecule has 0 spiro atoms. The van der Waals surface area contributed by atoms with E-state index < -0.39 is 0 Å². The van der Waals surface area contributed by atoms with E-state index in [1.165, 1.54) is 11.1 Å². The first-order valence-corrected chi connectivity index (χ1v) is 11.5. The summed E-state index contributed by atoms with van der Waals surface area (Å²) < 4.78 is 2.13. The predicted molar refractivity (Wildman–Crippen MR) is 123 cm³/mol. The fourth-order valence-corrected chi connectivity index (χ4v) is 5.39. The number of rotatable bonds is 3. The van der Waals surface area contributed by atoms with Gasteiger partial charge in [0.2, 0.25) is 5.91 Å². The third-order valence-corrected chi connectivity index (χ3v) is 7.43. The van der Waals surface area contributed by atoms with Gasteiger partial charge in [-0.05, 0) is 76.0 Å². The van der Waals surface area contributed by atoms with Crippen LogP contribution in [0.15, 0.2) is 54.9 Å². The molecule has 1 amide bonds. The van der Waals surface area contributed by atoms with Gasteiger partial charge in [0.1, 0.15) is 5.65 Å². The van der Waals surface area contributed by atoms with Gasteiger partial charge in [0.15, 0.2) is 0 Å². The van der Waals surface area contributed by atoms with Crippen molar-refractivity contribution < 1.29 is 4.79 Å². The Hall–Kier alpha value is -2.66. The Bertz CT molecular complexity index is 1060. The quantitative estimate of drug-likeness (QED) is 0.650. The number of pyridine rings is 1. The molecule has 4 heterocycles. The molecule has 5 rings (SSSR count). The van der Waals surface area contributed by atoms with Gasteiger partial charge in [0, 0.05) is 36.8 Å². The molecule has 0 atom stereocenters. The maximum absolute atomic E-state index is 13.2. The number of carbonyl (C=O) groups is 1. The number of carbonyl (C=O) groups excluding carboxylic acids is 1. The zero-order chi connectivity index (χ0) is 21.4. The molecule has 31 heavy (non-hydrogen) atoms. The summed E-state index contributed by atoms with van der Waals surface area (Å²) >= 11 is 0. The average Bonchev–Trinajstić information content (AvgIpc) is 3.23. The molecule has 2 saturated heterocycles. The summed E-state index contributed by atoms with van der Waals surface area (Å²) in [5, 5.41) is 0. The van der Waals surface area contributed by atoms with E-state index in [-0.39, 0.29) is 11.3 Å². The molecule has 0 radical (unpaired) electrons. The van der Waals surface area contributed by atoms with Gasteiger partial charge < -0.3 is 14.2 Å². The summed E-state index contributed by atoms with van der Waals surface area (Å²) in [5.41, 5.74) is 4.49. The average molecular weight is 417 g/mol. The van der Waals surface area contributed by atoms with Crippen LogP contribution in [0.3, 0.4) is 0 Å². The molecule has 5 heteroatoms. The number of hydrogen-bond donors (Lipinski definition) is 0. The van der Waals surface area contributed by atoms with Crippen LogP contribution >= 0.6 is 0 Å². The highest BCUT2D eigenvalue weighted by molar-refractivity contribution is 5.79. The Morgan fingerprint density at radius 2 is 1.74 bits per heavy atom. The molecule has 3 aromatic rings. The van der Waals surface area contributed by atoms with E-state index in [1.54, 1.807) is 0 Å². The monoisotopic (exact) mass is 416 g/mol. The van der Waals surface area contributed by atoms with Crippen molar-refractivity contribution in [2.45, 2.75) is 38.0 Å². The normalized spacial score (nSPS) is 20.3. The summed E-state index contributed by atoms with van der Waals surface area (Å²) in [6.07, 6.45) is 8.09. The maximum atomic E-state index is 13.2. The van der Waals surface area contributed by atoms with Crippen LogP contribution in [-0.2, 0) is 10.2 Å². The number of aromatic nitrogens is 2. The summed E-state index contributed by atoms with van der Waals surface area (Å²) in [5.74, 6) is 0.555. The van der Waals surface area contributed by atoms with E-state index >= 15 is 0 Å². The van der Waals surface area contributed by atoms with E-state index in [2.05, 4.69) is 83.0 Å². The molecule has 162 valence electrons. The smallest absolute Gasteiger partial charge is 0.225 e. The summed E-state index contributed by atoms with van der Waals surface area (Å²) in [6.45, 7) is 5.76. The number of nitrogens with zero attached hydrogens (tertiary/aromatic N) is 4. The van der Waals surface area contributed by atoms with Gasteiger partial charge in [-0.25, -0.2) is 4.98 Å². The van der Waals surface area contributed by atoms with Crippen molar-refractivity contribution in [1.29, 1.82) is 0 Å². The Morgan fingerprint density at radius 3 is 2.45 bits per heavy atom. The number of imidazole rings is 1. The van der Waals surface area contributed by atoms with Crippen molar-refractivity contribution in [3.05, 3.63) is 71.7 Å². The molecule has 2 fully saturated rings. The van der Waals surface area contributed by atoms with Crippen molar-refractivity contribution in [2.24, 2.45) is 5.92 Å². The predicted octanol–water partition coefficient (Wildman–Crippen LogP) is 3.89. The standard InChI is InChI=1S/C26H32N4O/c1-20-8-15-30-19-23(27-24(30)18-20)26(22-6-4-3-5-7-22)11-16-29(17-12-26)25(31)21-9-13-28(2)14-10-21/h3-8,15,18-19,21H,9-14,16-17H2,1-2H3. The Balaban J connectivity index is 1.43. The van der Waals surface area contributed by atoms with Gasteiger partial charge in [-0.1, -0.05) is 30.3 Å². The number of benzene rings is 1. The van der Waals surface area contributed by atoms with E-state index in [0.717, 1.165) is 63.2 Å². The highest BCUT2D eigenvalue weighted by atomic mass is 16.2. The molecular formula is C26H32N4O. The molecule has 0 bridgehead atoms. The molecule has 2 aliphatic rings. The zero-order valence-electron chi connectivity index (χ0n) is 18.6. The van der Waals surface area contributed by atoms with Gasteiger partial charge >= 0.3 is 0 Å². The molecular weight excluding hydrogens is 384 g/mol. The van der Waals surface area contributed by atoms with Crippen LogP contribution < -0.4 is 0 Å². The lowest BCUT2D eigenvalue weighted by Gasteiger charge is -2.43. The van der Waals surface area contributed by atoms with Crippen LogP contribution in [0.5, 0.6) is 0 Å². The third kappa shape index (κ3) is 3.76. The van der Waals surface area contributed by atoms with E-state index in [1.807, 2.05) is 0 Å². The number of amides is 1. The number of fused-ring (bicyclic) bond motifs is 1. The van der Waals surface area contributed by atoms with Crippen molar-refractivity contribution in [2.75, 3.05) is 33.2 Å². The minimum absolute atomic E-state index is 0.148. The van der Waals surface area contributed by atoms with Gasteiger partial charge in [-0.2, -0.15) is 0 Å². The minimum Gasteiger partial charge on any atom is -0.342 e. The third-order valence-electron chi connectivity index (χ3n) is 7.43. The molecule has 2 aliphatic heterocycles. The van der Waals surface area contributed by atoms with Crippen molar-refractivity contribution in [3.63, 3.8) is 0 Å². The molecule has 0 unspecified atom stereocenters. The van der Waals surface area contributed by atoms with Crippen molar-refractivity contribution in [3.8, 4) is 0 Å². The second-order valence-electron chi connectivity index (χ2n) is 9.45. The first-order chi connectivity index (χ1) is 15.0. The number of hydrogen-bond acceptors (Lipinski definition) is 3. The number of aryl methyl sites for hydroxylation is 1. The topological polar surface area (TPSA) is 40.9 Å². The van der Waals surface area contributed by atoms with Gasteiger partial charge in [-0.15, -0.1) is 0 Å². The lowest BCUT2D eigenvalue weighted by Crippen LogP contribution is -2.49. The molecule has 2 aromatic heterocycles. The maximum Gasteiger partial charge on any atom is 0.225 e. The van der Waals surface area contributed by atoms with Crippen LogP contribution in [-0.4, -0.2) is 58.3 Å². The lowest BCUT2D eigenvalue weighted by molar-refractivity contribution is -0.138. The summed E-state index contributed by atoms with van der Waals surface area (Å²) in [6, 6.07) is 15.0. The van der Waals surface area contributed by atoms with Gasteiger partial charge in [-0.3, -0.25) is 4.79 Å². The van der Waals surface area contributed by atoms with Gasteiger partial charge in [0.25, 0.3) is 0 Å². The van der Waals surface area contributed by atoms with Crippen molar-refractivity contribution >= 4 is 11.6 Å². The first kappa shape index (κ1) is 20.3. The fraction of sp³-hybridized carbons (Fsp3) is 0.462. The molecule has 0 N–H and O–H groups in total. The zero-order valence-corrected chi connectivity index (χ0v) is 18.6. The first-order valence-electron chi connectivity index (χ1n) is 11.5. The molecule has 0 saturated carbocycles. The SMILES string of the molecule is Cc1ccn2cc(C3(c4ccccc4)CCN(C(=O)C4CCN(C)CC4)CC3)nc2c1. The van der Waals surface area contributed by atoms with Crippen molar-refractivity contribution in [1.82, 2.24) is 19.2 Å². The molecule has 5 nitrogen and oxygen atoms in total. The van der Waals surface area contributed by atoms with Gasteiger partial charge in [0.05, 0.1) is 5.69 Å². The fourth-order valence-electron chi connectivity index (χ4n) is 5.39. The van der Waals surface area contributed by atoms with Crippen LogP contribution in [0.1, 0.15) is 42.5 Å². The summed E-state index contributed by atoms with van der Waals surface area (Å²) in [7, 11) is 2.14. The largest absolute Gasteiger partial charge is 0.342 e. The second kappa shape index (κ2) is 8.12. The Kier molecular flexibility index (Phi) is 5.30. The minimum atomic E-state index is -0.148.